The molecule has 3 rings (SSSR count). The number of rotatable bonds is 12. The van der Waals surface area contributed by atoms with Gasteiger partial charge in [-0.15, -0.1) is 0 Å². The number of nitrogens with two attached hydrogens (primary N) is 1. The molecule has 0 aromatic heterocycles. The first kappa shape index (κ1) is 26.7. The molecule has 0 fully saturated rings. The lowest BCUT2D eigenvalue weighted by atomic mass is 9.92. The van der Waals surface area contributed by atoms with E-state index in [0.717, 1.165) is 33.2 Å². The van der Waals surface area contributed by atoms with Crippen LogP contribution in [0.2, 0.25) is 0 Å². The highest BCUT2D eigenvalue weighted by molar-refractivity contribution is 5.88. The number of carbonyl (C=O) groups excluding carboxylic acids is 3. The molecule has 0 aliphatic carbocycles. The fourth-order valence-corrected chi connectivity index (χ4v) is 4.19. The minimum atomic E-state index is -0.750. The molecular weight excluding hydrogens is 458 g/mol. The molecule has 0 aliphatic rings. The van der Waals surface area contributed by atoms with Crippen LogP contribution in [0, 0.1) is 5.92 Å². The van der Waals surface area contributed by atoms with E-state index in [1.165, 1.54) is 13.8 Å². The van der Waals surface area contributed by atoms with Crippen molar-refractivity contribution in [3.8, 4) is 16.9 Å². The van der Waals surface area contributed by atoms with Gasteiger partial charge in [0.05, 0.1) is 19.6 Å². The Morgan fingerprint density at radius 1 is 0.861 bits per heavy atom. The number of benzene rings is 3. The van der Waals surface area contributed by atoms with Crippen LogP contribution in [0.25, 0.3) is 21.9 Å². The predicted molar refractivity (Wildman–Crippen MR) is 138 cm³/mol. The number of aryl methyl sites for hydroxylation is 1. The van der Waals surface area contributed by atoms with Crippen LogP contribution in [0.4, 0.5) is 0 Å². The Bertz CT molecular complexity index is 1190. The summed E-state index contributed by atoms with van der Waals surface area (Å²) < 4.78 is 16.1. The minimum absolute atomic E-state index is 0.0424. The van der Waals surface area contributed by atoms with Gasteiger partial charge in [-0.2, -0.15) is 0 Å². The highest BCUT2D eigenvalue weighted by atomic mass is 16.6. The van der Waals surface area contributed by atoms with E-state index in [2.05, 4.69) is 48.5 Å². The number of amides is 1. The van der Waals surface area contributed by atoms with E-state index in [0.29, 0.717) is 19.4 Å². The van der Waals surface area contributed by atoms with Crippen LogP contribution in [0.3, 0.4) is 0 Å². The summed E-state index contributed by atoms with van der Waals surface area (Å²) in [6, 6.07) is 20.7. The Hall–Kier alpha value is -3.87. The lowest BCUT2D eigenvalue weighted by molar-refractivity contribution is -0.154. The Balaban J connectivity index is 1.71. The van der Waals surface area contributed by atoms with Crippen LogP contribution in [0.5, 0.6) is 5.75 Å². The fraction of sp³-hybridized carbons (Fsp3) is 0.345. The molecule has 7 heteroatoms. The molecular formula is C29H33NO6. The van der Waals surface area contributed by atoms with Crippen LogP contribution in [0.15, 0.2) is 60.7 Å². The summed E-state index contributed by atoms with van der Waals surface area (Å²) in [5, 5.41) is 2.26. The number of ether oxygens (including phenoxy) is 3. The first-order valence-electron chi connectivity index (χ1n) is 12.1. The van der Waals surface area contributed by atoms with Crippen LogP contribution in [-0.2, 0) is 30.3 Å². The zero-order chi connectivity index (χ0) is 26.1. The quantitative estimate of drug-likeness (QED) is 0.364. The molecule has 3 aromatic rings. The van der Waals surface area contributed by atoms with Crippen LogP contribution in [-0.4, -0.2) is 37.2 Å². The van der Waals surface area contributed by atoms with Gasteiger partial charge in [-0.1, -0.05) is 42.5 Å². The van der Waals surface area contributed by atoms with Crippen molar-refractivity contribution in [3.05, 3.63) is 66.2 Å². The van der Waals surface area contributed by atoms with E-state index in [1.54, 1.807) is 0 Å². The maximum atomic E-state index is 11.6. The van der Waals surface area contributed by atoms with E-state index in [9.17, 15) is 14.4 Å². The topological polar surface area (TPSA) is 105 Å². The van der Waals surface area contributed by atoms with Crippen molar-refractivity contribution in [2.24, 2.45) is 11.7 Å². The van der Waals surface area contributed by atoms with E-state index in [1.807, 2.05) is 19.1 Å². The van der Waals surface area contributed by atoms with Crippen molar-refractivity contribution in [1.82, 2.24) is 0 Å². The van der Waals surface area contributed by atoms with E-state index in [-0.39, 0.29) is 18.9 Å². The SMILES string of the molecule is CCOc1ccc2cc(-c3ccc(CCC(COC(C)=O)C(CC(N)=O)OC(C)=O)cc3)ccc2c1. The van der Waals surface area contributed by atoms with Gasteiger partial charge in [0.1, 0.15) is 11.9 Å². The molecule has 7 nitrogen and oxygen atoms in total. The van der Waals surface area contributed by atoms with Crippen LogP contribution < -0.4 is 10.5 Å². The first-order chi connectivity index (χ1) is 17.2. The third-order valence-corrected chi connectivity index (χ3v) is 5.96. The number of hydrogen-bond acceptors (Lipinski definition) is 6. The Morgan fingerprint density at radius 3 is 2.17 bits per heavy atom. The molecule has 0 saturated carbocycles. The van der Waals surface area contributed by atoms with Gasteiger partial charge in [0, 0.05) is 19.8 Å². The van der Waals surface area contributed by atoms with Gasteiger partial charge in [0.2, 0.25) is 5.91 Å². The fourth-order valence-electron chi connectivity index (χ4n) is 4.19. The standard InChI is InChI=1S/C29H33NO6/c1-4-34-27-14-13-24-15-23(11-12-25(24)16-27)22-8-5-21(6-9-22)7-10-26(18-35-19(2)31)28(17-29(30)33)36-20(3)32/h5-6,8-9,11-16,26,28H,4,7,10,17-18H2,1-3H3,(H2,30,33). The first-order valence-corrected chi connectivity index (χ1v) is 12.1. The van der Waals surface area contributed by atoms with Gasteiger partial charge in [-0.25, -0.2) is 0 Å². The summed E-state index contributed by atoms with van der Waals surface area (Å²) in [4.78, 5) is 34.5. The summed E-state index contributed by atoms with van der Waals surface area (Å²) in [7, 11) is 0. The lowest BCUT2D eigenvalue weighted by Gasteiger charge is -2.25. The van der Waals surface area contributed by atoms with Crippen molar-refractivity contribution in [2.45, 2.75) is 46.1 Å². The van der Waals surface area contributed by atoms with Crippen molar-refractivity contribution in [1.29, 1.82) is 0 Å². The lowest BCUT2D eigenvalue weighted by Crippen LogP contribution is -2.34. The average molecular weight is 492 g/mol. The molecule has 0 aliphatic heterocycles. The number of carbonyl (C=O) groups is 3. The maximum absolute atomic E-state index is 11.6. The molecule has 2 N–H and O–H groups in total. The summed E-state index contributed by atoms with van der Waals surface area (Å²) >= 11 is 0. The number of fused-ring (bicyclic) bond motifs is 1. The number of esters is 2. The number of hydrogen-bond donors (Lipinski definition) is 1. The van der Waals surface area contributed by atoms with E-state index >= 15 is 0 Å². The monoisotopic (exact) mass is 491 g/mol. The Labute approximate surface area is 211 Å². The molecule has 0 saturated heterocycles. The highest BCUT2D eigenvalue weighted by Crippen LogP contribution is 2.28. The highest BCUT2D eigenvalue weighted by Gasteiger charge is 2.27. The second kappa shape index (κ2) is 12.7. The molecule has 0 heterocycles. The van der Waals surface area contributed by atoms with Crippen LogP contribution >= 0.6 is 0 Å². The molecule has 2 unspecified atom stereocenters. The normalized spacial score (nSPS) is 12.5. The predicted octanol–water partition coefficient (Wildman–Crippen LogP) is 4.82. The van der Waals surface area contributed by atoms with Gasteiger partial charge in [0.25, 0.3) is 0 Å². The second-order valence-corrected chi connectivity index (χ2v) is 8.77. The van der Waals surface area contributed by atoms with Gasteiger partial charge >= 0.3 is 11.9 Å². The van der Waals surface area contributed by atoms with Gasteiger partial charge in [0.15, 0.2) is 0 Å². The van der Waals surface area contributed by atoms with E-state index < -0.39 is 23.9 Å². The molecule has 0 radical (unpaired) electrons. The summed E-state index contributed by atoms with van der Waals surface area (Å²) in [5.41, 5.74) is 8.64. The second-order valence-electron chi connectivity index (χ2n) is 8.77. The van der Waals surface area contributed by atoms with Crippen molar-refractivity contribution in [3.63, 3.8) is 0 Å². The molecule has 190 valence electrons. The molecule has 2 atom stereocenters. The summed E-state index contributed by atoms with van der Waals surface area (Å²) in [6.07, 6.45) is 0.328. The Morgan fingerprint density at radius 2 is 1.53 bits per heavy atom. The third kappa shape index (κ3) is 7.83. The van der Waals surface area contributed by atoms with Gasteiger partial charge < -0.3 is 19.9 Å². The molecule has 1 amide bonds. The third-order valence-electron chi connectivity index (χ3n) is 5.96. The molecule has 36 heavy (non-hydrogen) atoms. The van der Waals surface area contributed by atoms with Crippen molar-refractivity contribution < 1.29 is 28.6 Å². The molecule has 0 spiro atoms. The largest absolute Gasteiger partial charge is 0.494 e. The van der Waals surface area contributed by atoms with Crippen molar-refractivity contribution >= 4 is 28.6 Å². The van der Waals surface area contributed by atoms with Crippen molar-refractivity contribution in [2.75, 3.05) is 13.2 Å². The van der Waals surface area contributed by atoms with Crippen LogP contribution in [0.1, 0.15) is 39.2 Å². The maximum Gasteiger partial charge on any atom is 0.302 e. The summed E-state index contributed by atoms with van der Waals surface area (Å²) in [5.74, 6) is -1.02. The smallest absolute Gasteiger partial charge is 0.302 e. The minimum Gasteiger partial charge on any atom is -0.494 e. The van der Waals surface area contributed by atoms with Gasteiger partial charge in [-0.3, -0.25) is 14.4 Å². The molecule has 3 aromatic carbocycles. The van der Waals surface area contributed by atoms with Gasteiger partial charge in [-0.05, 0) is 65.4 Å². The molecule has 0 bridgehead atoms. The number of primary amides is 1. The zero-order valence-electron chi connectivity index (χ0n) is 21.0. The zero-order valence-corrected chi connectivity index (χ0v) is 21.0. The average Bonchev–Trinajstić information content (AvgIpc) is 2.83. The van der Waals surface area contributed by atoms with E-state index in [4.69, 9.17) is 19.9 Å². The Kier molecular flexibility index (Phi) is 9.45. The summed E-state index contributed by atoms with van der Waals surface area (Å²) in [6.45, 7) is 5.24.